The fourth-order valence-electron chi connectivity index (χ4n) is 4.65. The van der Waals surface area contributed by atoms with Crippen LogP contribution in [0.4, 0.5) is 9.18 Å². The zero-order valence-electron chi connectivity index (χ0n) is 16.5. The van der Waals surface area contributed by atoms with E-state index in [2.05, 4.69) is 6.07 Å². The van der Waals surface area contributed by atoms with Crippen LogP contribution in [0.25, 0.3) is 0 Å². The highest BCUT2D eigenvalue weighted by Crippen LogP contribution is 2.47. The standard InChI is InChI=1S/C21H26FN5O2/c1-2-16-11-25(21(29)26(16)10-13-3-5-15(22)6-4-13)12-18(24)20(28)27-17(9-23)7-14-8-19(14)27/h3-6,14,16-19H,2,7-8,10-12,24H2,1H3/t14?,16-,17?,18?,19?/m0/s1. The van der Waals surface area contributed by atoms with Crippen LogP contribution in [0.2, 0.25) is 0 Å². The molecule has 29 heavy (non-hydrogen) atoms. The lowest BCUT2D eigenvalue weighted by atomic mass is 10.1. The molecule has 1 aliphatic carbocycles. The first-order valence-electron chi connectivity index (χ1n) is 10.2. The molecule has 2 N–H and O–H groups in total. The monoisotopic (exact) mass is 399 g/mol. The number of urea groups is 1. The van der Waals surface area contributed by atoms with Crippen molar-refractivity contribution in [1.29, 1.82) is 5.26 Å². The van der Waals surface area contributed by atoms with Gasteiger partial charge in [-0.15, -0.1) is 0 Å². The maximum atomic E-state index is 13.2. The van der Waals surface area contributed by atoms with Gasteiger partial charge >= 0.3 is 6.03 Å². The quantitative estimate of drug-likeness (QED) is 0.788. The molecule has 1 saturated carbocycles. The smallest absolute Gasteiger partial charge is 0.320 e. The van der Waals surface area contributed by atoms with Crippen molar-refractivity contribution >= 4 is 11.9 Å². The second-order valence-electron chi connectivity index (χ2n) is 8.30. The molecule has 5 atom stereocenters. The lowest BCUT2D eigenvalue weighted by Crippen LogP contribution is -2.52. The highest BCUT2D eigenvalue weighted by Gasteiger charge is 2.55. The minimum absolute atomic E-state index is 0.0151. The highest BCUT2D eigenvalue weighted by atomic mass is 19.1. The number of carbonyl (C=O) groups is 2. The van der Waals surface area contributed by atoms with Crippen molar-refractivity contribution in [1.82, 2.24) is 14.7 Å². The van der Waals surface area contributed by atoms with Crippen molar-refractivity contribution in [3.63, 3.8) is 0 Å². The average molecular weight is 399 g/mol. The Kier molecular flexibility index (Phi) is 5.17. The first kappa shape index (κ1) is 19.6. The van der Waals surface area contributed by atoms with Crippen molar-refractivity contribution in [2.45, 2.75) is 56.9 Å². The van der Waals surface area contributed by atoms with Gasteiger partial charge in [0.25, 0.3) is 0 Å². The molecule has 3 aliphatic rings. The Morgan fingerprint density at radius 2 is 2.07 bits per heavy atom. The van der Waals surface area contributed by atoms with Crippen LogP contribution in [0.3, 0.4) is 0 Å². The maximum absolute atomic E-state index is 13.2. The molecular weight excluding hydrogens is 373 g/mol. The van der Waals surface area contributed by atoms with E-state index in [0.29, 0.717) is 19.0 Å². The van der Waals surface area contributed by atoms with Crippen LogP contribution in [0.1, 0.15) is 31.7 Å². The molecule has 0 bridgehead atoms. The van der Waals surface area contributed by atoms with Crippen LogP contribution in [0, 0.1) is 23.1 Å². The van der Waals surface area contributed by atoms with Gasteiger partial charge < -0.3 is 20.4 Å². The number of hydrogen-bond donors (Lipinski definition) is 1. The molecule has 0 spiro atoms. The number of hydrogen-bond acceptors (Lipinski definition) is 4. The molecule has 154 valence electrons. The summed E-state index contributed by atoms with van der Waals surface area (Å²) in [5.41, 5.74) is 7.04. The van der Waals surface area contributed by atoms with Crippen molar-refractivity contribution in [3.05, 3.63) is 35.6 Å². The Morgan fingerprint density at radius 1 is 1.34 bits per heavy atom. The van der Waals surface area contributed by atoms with Gasteiger partial charge in [0.2, 0.25) is 5.91 Å². The first-order valence-corrected chi connectivity index (χ1v) is 10.2. The summed E-state index contributed by atoms with van der Waals surface area (Å²) >= 11 is 0. The third-order valence-electron chi connectivity index (χ3n) is 6.37. The van der Waals surface area contributed by atoms with Crippen LogP contribution in [-0.4, -0.2) is 63.9 Å². The minimum Gasteiger partial charge on any atom is -0.322 e. The lowest BCUT2D eigenvalue weighted by Gasteiger charge is -2.28. The van der Waals surface area contributed by atoms with Crippen LogP contribution in [0.15, 0.2) is 24.3 Å². The summed E-state index contributed by atoms with van der Waals surface area (Å²) in [5, 5.41) is 9.31. The third-order valence-corrected chi connectivity index (χ3v) is 6.37. The van der Waals surface area contributed by atoms with Gasteiger partial charge in [0.1, 0.15) is 17.9 Å². The summed E-state index contributed by atoms with van der Waals surface area (Å²) in [6.07, 6.45) is 2.45. The Balaban J connectivity index is 1.41. The second kappa shape index (κ2) is 7.64. The van der Waals surface area contributed by atoms with Crippen molar-refractivity contribution in [2.75, 3.05) is 13.1 Å². The lowest BCUT2D eigenvalue weighted by molar-refractivity contribution is -0.133. The predicted molar refractivity (Wildman–Crippen MR) is 104 cm³/mol. The molecule has 8 heteroatoms. The SMILES string of the molecule is CC[C@H]1CN(CC(N)C(=O)N2C(C#N)CC3CC32)C(=O)N1Cc1ccc(F)cc1. The van der Waals surface area contributed by atoms with Gasteiger partial charge in [-0.3, -0.25) is 4.79 Å². The molecule has 7 nitrogen and oxygen atoms in total. The predicted octanol–water partition coefficient (Wildman–Crippen LogP) is 1.68. The number of carbonyl (C=O) groups excluding carboxylic acids is 2. The number of piperidine rings is 1. The summed E-state index contributed by atoms with van der Waals surface area (Å²) in [4.78, 5) is 30.9. The third kappa shape index (κ3) is 3.67. The molecule has 3 amide bonds. The zero-order chi connectivity index (χ0) is 20.7. The van der Waals surface area contributed by atoms with E-state index in [1.807, 2.05) is 6.92 Å². The second-order valence-corrected chi connectivity index (χ2v) is 8.30. The minimum atomic E-state index is -0.836. The fourth-order valence-corrected chi connectivity index (χ4v) is 4.65. The van der Waals surface area contributed by atoms with E-state index in [-0.39, 0.29) is 36.4 Å². The van der Waals surface area contributed by atoms with Crippen molar-refractivity contribution < 1.29 is 14.0 Å². The molecule has 0 aromatic heterocycles. The van der Waals surface area contributed by atoms with E-state index in [4.69, 9.17) is 5.73 Å². The van der Waals surface area contributed by atoms with Gasteiger partial charge in [-0.2, -0.15) is 5.26 Å². The van der Waals surface area contributed by atoms with Crippen LogP contribution >= 0.6 is 0 Å². The van der Waals surface area contributed by atoms with E-state index >= 15 is 0 Å². The normalized spacial score (nSPS) is 29.0. The van der Waals surface area contributed by atoms with E-state index < -0.39 is 12.1 Å². The fraction of sp³-hybridized carbons (Fsp3) is 0.571. The molecule has 1 aromatic carbocycles. The average Bonchev–Trinajstić information content (AvgIpc) is 3.29. The van der Waals surface area contributed by atoms with Gasteiger partial charge in [0, 0.05) is 25.7 Å². The number of nitriles is 1. The summed E-state index contributed by atoms with van der Waals surface area (Å²) in [5.74, 6) is -0.116. The molecule has 4 rings (SSSR count). The Morgan fingerprint density at radius 3 is 2.72 bits per heavy atom. The number of rotatable bonds is 6. The maximum Gasteiger partial charge on any atom is 0.320 e. The first-order chi connectivity index (χ1) is 13.9. The number of amides is 3. The van der Waals surface area contributed by atoms with Gasteiger partial charge in [-0.1, -0.05) is 19.1 Å². The van der Waals surface area contributed by atoms with Gasteiger partial charge in [-0.25, -0.2) is 9.18 Å². The van der Waals surface area contributed by atoms with E-state index in [0.717, 1.165) is 24.8 Å². The Labute approximate surface area is 169 Å². The highest BCUT2D eigenvalue weighted by molar-refractivity contribution is 5.85. The van der Waals surface area contributed by atoms with E-state index in [1.54, 1.807) is 26.8 Å². The number of nitrogens with zero attached hydrogens (tertiary/aromatic N) is 4. The van der Waals surface area contributed by atoms with Gasteiger partial charge in [-0.05, 0) is 42.9 Å². The Hall–Kier alpha value is -2.66. The summed E-state index contributed by atoms with van der Waals surface area (Å²) in [6, 6.07) is 7.09. The molecule has 2 aliphatic heterocycles. The molecule has 3 fully saturated rings. The molecule has 1 aromatic rings. The van der Waals surface area contributed by atoms with E-state index in [9.17, 15) is 19.2 Å². The molecule has 0 radical (unpaired) electrons. The van der Waals surface area contributed by atoms with Crippen LogP contribution in [-0.2, 0) is 11.3 Å². The van der Waals surface area contributed by atoms with Crippen molar-refractivity contribution in [2.24, 2.45) is 11.7 Å². The summed E-state index contributed by atoms with van der Waals surface area (Å²) < 4.78 is 13.2. The number of likely N-dealkylation sites (tertiary alicyclic amines) is 1. The largest absolute Gasteiger partial charge is 0.322 e. The topological polar surface area (TPSA) is 93.7 Å². The van der Waals surface area contributed by atoms with Gasteiger partial charge in [0.05, 0.1) is 12.1 Å². The number of benzene rings is 1. The molecule has 4 unspecified atom stereocenters. The number of halogens is 1. The zero-order valence-corrected chi connectivity index (χ0v) is 16.5. The van der Waals surface area contributed by atoms with Crippen LogP contribution < -0.4 is 5.73 Å². The molecular formula is C21H26FN5O2. The number of nitrogens with two attached hydrogens (primary N) is 1. The van der Waals surface area contributed by atoms with E-state index in [1.165, 1.54) is 12.1 Å². The van der Waals surface area contributed by atoms with Crippen molar-refractivity contribution in [3.8, 4) is 6.07 Å². The van der Waals surface area contributed by atoms with Crippen LogP contribution in [0.5, 0.6) is 0 Å². The number of fused-ring (bicyclic) bond motifs is 1. The summed E-state index contributed by atoms with van der Waals surface area (Å²) in [7, 11) is 0. The summed E-state index contributed by atoms with van der Waals surface area (Å²) in [6.45, 7) is 3.05. The molecule has 2 heterocycles. The molecule has 2 saturated heterocycles. The van der Waals surface area contributed by atoms with Gasteiger partial charge in [0.15, 0.2) is 0 Å². The Bertz CT molecular complexity index is 838.